The Morgan fingerprint density at radius 1 is 1.20 bits per heavy atom. The number of hydrogen-bond donors (Lipinski definition) is 0. The van der Waals surface area contributed by atoms with E-state index in [1.54, 1.807) is 0 Å². The van der Waals surface area contributed by atoms with Gasteiger partial charge in [0.25, 0.3) is 0 Å². The zero-order valence-electron chi connectivity index (χ0n) is 9.92. The van der Waals surface area contributed by atoms with Crippen molar-refractivity contribution in [3.05, 3.63) is 0 Å². The number of rotatable bonds is 6. The maximum atomic E-state index is 5.85. The minimum absolute atomic E-state index is 0.792. The largest absolute Gasteiger partial charge is 0.302 e. The molecule has 0 aromatic carbocycles. The summed E-state index contributed by atoms with van der Waals surface area (Å²) in [5.41, 5.74) is 0. The smallest absolute Gasteiger partial charge is 0.0351 e. The second-order valence-electron chi connectivity index (χ2n) is 5.42. The SMILES string of the molecule is CCCN(CCCl)CC1CC2CCC1C2. The fraction of sp³-hybridized carbons (Fsp3) is 1.00. The van der Waals surface area contributed by atoms with Gasteiger partial charge in [-0.3, -0.25) is 0 Å². The predicted molar refractivity (Wildman–Crippen MR) is 66.4 cm³/mol. The number of nitrogens with zero attached hydrogens (tertiary/aromatic N) is 1. The molecule has 0 amide bonds. The number of alkyl halides is 1. The average molecular weight is 230 g/mol. The molecule has 0 saturated heterocycles. The van der Waals surface area contributed by atoms with Crippen molar-refractivity contribution in [3.8, 4) is 0 Å². The van der Waals surface area contributed by atoms with Crippen molar-refractivity contribution in [2.45, 2.75) is 39.0 Å². The minimum Gasteiger partial charge on any atom is -0.302 e. The molecule has 0 aromatic heterocycles. The van der Waals surface area contributed by atoms with Crippen LogP contribution in [0.4, 0.5) is 0 Å². The zero-order chi connectivity index (χ0) is 10.7. The normalized spacial score (nSPS) is 34.2. The molecular weight excluding hydrogens is 206 g/mol. The molecule has 0 heterocycles. The van der Waals surface area contributed by atoms with Gasteiger partial charge in [-0.2, -0.15) is 0 Å². The Morgan fingerprint density at radius 2 is 2.07 bits per heavy atom. The van der Waals surface area contributed by atoms with Gasteiger partial charge >= 0.3 is 0 Å². The Kier molecular flexibility index (Phi) is 4.33. The van der Waals surface area contributed by atoms with Gasteiger partial charge in [0.15, 0.2) is 0 Å². The summed E-state index contributed by atoms with van der Waals surface area (Å²) in [5.74, 6) is 3.93. The van der Waals surface area contributed by atoms with Crippen LogP contribution >= 0.6 is 11.6 Å². The quantitative estimate of drug-likeness (QED) is 0.632. The van der Waals surface area contributed by atoms with Crippen molar-refractivity contribution in [1.29, 1.82) is 0 Å². The highest BCUT2D eigenvalue weighted by atomic mass is 35.5. The monoisotopic (exact) mass is 229 g/mol. The predicted octanol–water partition coefficient (Wildman–Crippen LogP) is 3.37. The van der Waals surface area contributed by atoms with Gasteiger partial charge in [-0.15, -0.1) is 11.6 Å². The summed E-state index contributed by atoms with van der Waals surface area (Å²) in [4.78, 5) is 2.58. The molecule has 2 aliphatic carbocycles. The fourth-order valence-corrected chi connectivity index (χ4v) is 3.90. The standard InChI is InChI=1S/C13H24ClN/c1-2-6-15(7-5-14)10-13-9-11-3-4-12(13)8-11/h11-13H,2-10H2,1H3. The molecule has 1 nitrogen and oxygen atoms in total. The van der Waals surface area contributed by atoms with Crippen LogP contribution in [0.25, 0.3) is 0 Å². The van der Waals surface area contributed by atoms with E-state index in [1.807, 2.05) is 0 Å². The second kappa shape index (κ2) is 5.54. The van der Waals surface area contributed by atoms with Gasteiger partial charge in [0.05, 0.1) is 0 Å². The van der Waals surface area contributed by atoms with Crippen LogP contribution in [0.1, 0.15) is 39.0 Å². The lowest BCUT2D eigenvalue weighted by Gasteiger charge is -2.29. The Bertz CT molecular complexity index is 189. The van der Waals surface area contributed by atoms with E-state index in [0.717, 1.165) is 30.2 Å². The van der Waals surface area contributed by atoms with Crippen molar-refractivity contribution in [2.24, 2.45) is 17.8 Å². The molecule has 2 saturated carbocycles. The van der Waals surface area contributed by atoms with Crippen LogP contribution < -0.4 is 0 Å². The molecular formula is C13H24ClN. The van der Waals surface area contributed by atoms with Crippen molar-refractivity contribution in [3.63, 3.8) is 0 Å². The summed E-state index contributed by atoms with van der Waals surface area (Å²) in [7, 11) is 0. The van der Waals surface area contributed by atoms with Gasteiger partial charge in [0.2, 0.25) is 0 Å². The molecule has 3 atom stereocenters. The molecule has 0 N–H and O–H groups in total. The van der Waals surface area contributed by atoms with Crippen LogP contribution in [0.5, 0.6) is 0 Å². The molecule has 2 aliphatic rings. The number of hydrogen-bond acceptors (Lipinski definition) is 1. The third kappa shape index (κ3) is 2.88. The lowest BCUT2D eigenvalue weighted by molar-refractivity contribution is 0.198. The van der Waals surface area contributed by atoms with E-state index in [4.69, 9.17) is 11.6 Å². The van der Waals surface area contributed by atoms with Crippen LogP contribution in [0.3, 0.4) is 0 Å². The zero-order valence-corrected chi connectivity index (χ0v) is 10.7. The van der Waals surface area contributed by atoms with Crippen LogP contribution in [0.2, 0.25) is 0 Å². The number of fused-ring (bicyclic) bond motifs is 2. The molecule has 3 unspecified atom stereocenters. The van der Waals surface area contributed by atoms with E-state index >= 15 is 0 Å². The lowest BCUT2D eigenvalue weighted by atomic mass is 9.88. The molecule has 2 fully saturated rings. The molecule has 2 bridgehead atoms. The van der Waals surface area contributed by atoms with Crippen molar-refractivity contribution in [1.82, 2.24) is 4.90 Å². The van der Waals surface area contributed by atoms with Crippen molar-refractivity contribution in [2.75, 3.05) is 25.5 Å². The first kappa shape index (κ1) is 11.7. The molecule has 88 valence electrons. The second-order valence-corrected chi connectivity index (χ2v) is 5.80. The summed E-state index contributed by atoms with van der Waals surface area (Å²) in [6.07, 6.45) is 7.33. The van der Waals surface area contributed by atoms with Crippen molar-refractivity contribution < 1.29 is 0 Å². The molecule has 0 radical (unpaired) electrons. The van der Waals surface area contributed by atoms with Crippen LogP contribution in [0, 0.1) is 17.8 Å². The molecule has 2 heteroatoms. The lowest BCUT2D eigenvalue weighted by Crippen LogP contribution is -2.34. The van der Waals surface area contributed by atoms with Gasteiger partial charge in [0.1, 0.15) is 0 Å². The highest BCUT2D eigenvalue weighted by molar-refractivity contribution is 6.18. The first-order valence-corrected chi connectivity index (χ1v) is 7.15. The maximum absolute atomic E-state index is 5.85. The Morgan fingerprint density at radius 3 is 2.60 bits per heavy atom. The summed E-state index contributed by atoms with van der Waals surface area (Å²) in [6.45, 7) is 5.91. The molecule has 0 aliphatic heterocycles. The van der Waals surface area contributed by atoms with Gasteiger partial charge in [0, 0.05) is 19.0 Å². The van der Waals surface area contributed by atoms with E-state index in [9.17, 15) is 0 Å². The van der Waals surface area contributed by atoms with Gasteiger partial charge in [-0.25, -0.2) is 0 Å². The molecule has 0 aromatic rings. The van der Waals surface area contributed by atoms with E-state index in [-0.39, 0.29) is 0 Å². The first-order chi connectivity index (χ1) is 7.33. The minimum atomic E-state index is 0.792. The Hall–Kier alpha value is 0.250. The van der Waals surface area contributed by atoms with E-state index in [1.165, 1.54) is 45.2 Å². The summed E-state index contributed by atoms with van der Waals surface area (Å²) < 4.78 is 0. The first-order valence-electron chi connectivity index (χ1n) is 6.61. The van der Waals surface area contributed by atoms with Gasteiger partial charge < -0.3 is 4.90 Å². The summed E-state index contributed by atoms with van der Waals surface area (Å²) in [5, 5.41) is 0. The number of halogens is 1. The van der Waals surface area contributed by atoms with Crippen molar-refractivity contribution >= 4 is 11.6 Å². The maximum Gasteiger partial charge on any atom is 0.0351 e. The molecule has 0 spiro atoms. The van der Waals surface area contributed by atoms with E-state index in [0.29, 0.717) is 0 Å². The average Bonchev–Trinajstić information content (AvgIpc) is 2.80. The van der Waals surface area contributed by atoms with Crippen LogP contribution in [-0.4, -0.2) is 30.4 Å². The third-order valence-electron chi connectivity index (χ3n) is 4.32. The van der Waals surface area contributed by atoms with Gasteiger partial charge in [-0.05, 0) is 50.0 Å². The van der Waals surface area contributed by atoms with E-state index in [2.05, 4.69) is 11.8 Å². The Balaban J connectivity index is 1.78. The van der Waals surface area contributed by atoms with Crippen LogP contribution in [-0.2, 0) is 0 Å². The highest BCUT2D eigenvalue weighted by Gasteiger charge is 2.39. The topological polar surface area (TPSA) is 3.24 Å². The van der Waals surface area contributed by atoms with Crippen LogP contribution in [0.15, 0.2) is 0 Å². The molecule has 15 heavy (non-hydrogen) atoms. The highest BCUT2D eigenvalue weighted by Crippen LogP contribution is 2.48. The van der Waals surface area contributed by atoms with Gasteiger partial charge in [-0.1, -0.05) is 13.3 Å². The Labute approximate surface area is 99.2 Å². The molecule has 2 rings (SSSR count). The van der Waals surface area contributed by atoms with E-state index < -0.39 is 0 Å². The third-order valence-corrected chi connectivity index (χ3v) is 4.49. The summed E-state index contributed by atoms with van der Waals surface area (Å²) in [6, 6.07) is 0. The fourth-order valence-electron chi connectivity index (χ4n) is 3.66. The summed E-state index contributed by atoms with van der Waals surface area (Å²) >= 11 is 5.85.